The van der Waals surface area contributed by atoms with Gasteiger partial charge in [-0.1, -0.05) is 29.3 Å². The second-order valence-electron chi connectivity index (χ2n) is 5.03. The van der Waals surface area contributed by atoms with Crippen LogP contribution in [-0.2, 0) is 0 Å². The van der Waals surface area contributed by atoms with Gasteiger partial charge in [-0.25, -0.2) is 4.98 Å². The molecule has 0 fully saturated rings. The fourth-order valence-corrected chi connectivity index (χ4v) is 2.51. The van der Waals surface area contributed by atoms with Gasteiger partial charge in [0.15, 0.2) is 0 Å². The lowest BCUT2D eigenvalue weighted by atomic mass is 10.1. The molecule has 0 aliphatic carbocycles. The molecule has 100 valence electrons. The van der Waals surface area contributed by atoms with E-state index in [1.165, 1.54) is 5.57 Å². The third-order valence-electron chi connectivity index (χ3n) is 3.14. The highest BCUT2D eigenvalue weighted by atomic mass is 35.5. The van der Waals surface area contributed by atoms with Crippen molar-refractivity contribution in [3.63, 3.8) is 0 Å². The zero-order valence-corrected chi connectivity index (χ0v) is 12.2. The first kappa shape index (κ1) is 12.9. The van der Waals surface area contributed by atoms with E-state index in [0.29, 0.717) is 0 Å². The van der Waals surface area contributed by atoms with Gasteiger partial charge in [0.1, 0.15) is 5.82 Å². The summed E-state index contributed by atoms with van der Waals surface area (Å²) in [5.41, 5.74) is 3.53. The number of allylic oxidation sites excluding steroid dienone is 1. The number of rotatable bonds is 2. The lowest BCUT2D eigenvalue weighted by Crippen LogP contribution is -1.94. The zero-order chi connectivity index (χ0) is 14.1. The van der Waals surface area contributed by atoms with Gasteiger partial charge >= 0.3 is 0 Å². The van der Waals surface area contributed by atoms with E-state index in [4.69, 9.17) is 11.6 Å². The second kappa shape index (κ2) is 5.14. The largest absolute Gasteiger partial charge is 0.301 e. The summed E-state index contributed by atoms with van der Waals surface area (Å²) >= 11 is 6.14. The summed E-state index contributed by atoms with van der Waals surface area (Å²) in [7, 11) is 0. The highest BCUT2D eigenvalue weighted by molar-refractivity contribution is 6.31. The van der Waals surface area contributed by atoms with E-state index >= 15 is 0 Å². The van der Waals surface area contributed by atoms with Crippen LogP contribution >= 0.6 is 11.6 Å². The van der Waals surface area contributed by atoms with Gasteiger partial charge in [0.25, 0.3) is 0 Å². The maximum absolute atomic E-state index is 6.14. The van der Waals surface area contributed by atoms with Crippen molar-refractivity contribution in [3.8, 4) is 5.82 Å². The predicted molar refractivity (Wildman–Crippen MR) is 85.4 cm³/mol. The predicted octanol–water partition coefficient (Wildman–Crippen LogP) is 5.10. The Balaban J connectivity index is 2.31. The van der Waals surface area contributed by atoms with Crippen LogP contribution in [0, 0.1) is 0 Å². The molecule has 3 rings (SSSR count). The van der Waals surface area contributed by atoms with Crippen molar-refractivity contribution in [2.75, 3.05) is 0 Å². The van der Waals surface area contributed by atoms with Crippen LogP contribution < -0.4 is 0 Å². The van der Waals surface area contributed by atoms with E-state index in [-0.39, 0.29) is 0 Å². The molecule has 0 N–H and O–H groups in total. The Labute approximate surface area is 123 Å². The Kier molecular flexibility index (Phi) is 3.33. The first-order valence-electron chi connectivity index (χ1n) is 6.52. The fraction of sp³-hybridized carbons (Fsp3) is 0.118. The summed E-state index contributed by atoms with van der Waals surface area (Å²) < 4.78 is 2.10. The minimum atomic E-state index is 0.750. The van der Waals surface area contributed by atoms with Crippen LogP contribution in [0.2, 0.25) is 5.02 Å². The quantitative estimate of drug-likeness (QED) is 0.639. The van der Waals surface area contributed by atoms with Crippen LogP contribution in [-0.4, -0.2) is 9.55 Å². The molecule has 0 spiro atoms. The van der Waals surface area contributed by atoms with Gasteiger partial charge < -0.3 is 4.57 Å². The van der Waals surface area contributed by atoms with Crippen LogP contribution in [0.4, 0.5) is 0 Å². The number of benzene rings is 1. The first-order chi connectivity index (χ1) is 9.65. The summed E-state index contributed by atoms with van der Waals surface area (Å²) in [6.07, 6.45) is 6.08. The van der Waals surface area contributed by atoms with Gasteiger partial charge in [0, 0.05) is 28.4 Å². The smallest absolute Gasteiger partial charge is 0.137 e. The normalized spacial score (nSPS) is 10.8. The monoisotopic (exact) mass is 282 g/mol. The molecule has 0 radical (unpaired) electrons. The minimum absolute atomic E-state index is 0.750. The summed E-state index contributed by atoms with van der Waals surface area (Å²) in [6, 6.07) is 11.9. The van der Waals surface area contributed by atoms with Crippen LogP contribution in [0.3, 0.4) is 0 Å². The number of halogens is 1. The van der Waals surface area contributed by atoms with E-state index in [1.807, 2.05) is 36.4 Å². The Hall–Kier alpha value is -2.06. The molecule has 3 aromatic rings. The molecular formula is C17H15ClN2. The van der Waals surface area contributed by atoms with Crippen molar-refractivity contribution < 1.29 is 0 Å². The molecule has 0 saturated carbocycles. The Morgan fingerprint density at radius 2 is 2.05 bits per heavy atom. The topological polar surface area (TPSA) is 17.8 Å². The maximum Gasteiger partial charge on any atom is 0.137 e. The molecule has 1 aromatic carbocycles. The third kappa shape index (κ3) is 2.35. The molecule has 0 aliphatic heterocycles. The van der Waals surface area contributed by atoms with Gasteiger partial charge in [0.05, 0.1) is 5.52 Å². The molecule has 3 heteroatoms. The molecule has 2 aromatic heterocycles. The molecule has 2 heterocycles. The van der Waals surface area contributed by atoms with E-state index in [9.17, 15) is 0 Å². The van der Waals surface area contributed by atoms with Crippen molar-refractivity contribution >= 4 is 28.6 Å². The Morgan fingerprint density at radius 3 is 2.75 bits per heavy atom. The summed E-state index contributed by atoms with van der Waals surface area (Å²) in [5, 5.41) is 1.89. The molecule has 0 saturated heterocycles. The van der Waals surface area contributed by atoms with E-state index in [1.54, 1.807) is 6.20 Å². The highest BCUT2D eigenvalue weighted by Crippen LogP contribution is 2.28. The zero-order valence-electron chi connectivity index (χ0n) is 11.5. The van der Waals surface area contributed by atoms with Crippen molar-refractivity contribution in [3.05, 3.63) is 65.0 Å². The van der Waals surface area contributed by atoms with Crippen LogP contribution in [0.1, 0.15) is 19.4 Å². The van der Waals surface area contributed by atoms with Crippen LogP contribution in [0.25, 0.3) is 22.8 Å². The van der Waals surface area contributed by atoms with E-state index < -0.39 is 0 Å². The summed E-state index contributed by atoms with van der Waals surface area (Å²) in [6.45, 7) is 4.18. The van der Waals surface area contributed by atoms with Gasteiger partial charge in [-0.05, 0) is 44.2 Å². The van der Waals surface area contributed by atoms with E-state index in [0.717, 1.165) is 27.3 Å². The highest BCUT2D eigenvalue weighted by Gasteiger charge is 2.09. The SMILES string of the molecule is CC(C)=Cc1cn(-c2ccccn2)c2ccc(Cl)cc12. The van der Waals surface area contributed by atoms with Gasteiger partial charge in [0.2, 0.25) is 0 Å². The Morgan fingerprint density at radius 1 is 1.20 bits per heavy atom. The standard InChI is InChI=1S/C17H15ClN2/c1-12(2)9-13-11-20(17-5-3-4-8-19-17)16-7-6-14(18)10-15(13)16/h3-11H,1-2H3. The molecule has 0 unspecified atom stereocenters. The van der Waals surface area contributed by atoms with Crippen molar-refractivity contribution in [1.29, 1.82) is 0 Å². The average molecular weight is 283 g/mol. The molecule has 0 bridgehead atoms. The number of fused-ring (bicyclic) bond motifs is 1. The van der Waals surface area contributed by atoms with Gasteiger partial charge in [-0.3, -0.25) is 0 Å². The molecule has 0 amide bonds. The van der Waals surface area contributed by atoms with E-state index in [2.05, 4.69) is 35.7 Å². The third-order valence-corrected chi connectivity index (χ3v) is 3.37. The Bertz CT molecular complexity index is 781. The number of nitrogens with zero attached hydrogens (tertiary/aromatic N) is 2. The number of hydrogen-bond acceptors (Lipinski definition) is 1. The minimum Gasteiger partial charge on any atom is -0.301 e. The van der Waals surface area contributed by atoms with Gasteiger partial charge in [-0.2, -0.15) is 0 Å². The molecular weight excluding hydrogens is 268 g/mol. The molecule has 0 aliphatic rings. The average Bonchev–Trinajstić information content (AvgIpc) is 2.77. The summed E-state index contributed by atoms with van der Waals surface area (Å²) in [5.74, 6) is 0.910. The first-order valence-corrected chi connectivity index (χ1v) is 6.90. The van der Waals surface area contributed by atoms with Crippen LogP contribution in [0.5, 0.6) is 0 Å². The molecule has 20 heavy (non-hydrogen) atoms. The van der Waals surface area contributed by atoms with Crippen molar-refractivity contribution in [2.45, 2.75) is 13.8 Å². The second-order valence-corrected chi connectivity index (χ2v) is 5.46. The van der Waals surface area contributed by atoms with Crippen LogP contribution in [0.15, 0.2) is 54.4 Å². The number of hydrogen-bond donors (Lipinski definition) is 0. The van der Waals surface area contributed by atoms with Crippen molar-refractivity contribution in [1.82, 2.24) is 9.55 Å². The fourth-order valence-electron chi connectivity index (χ4n) is 2.34. The number of pyridine rings is 1. The lowest BCUT2D eigenvalue weighted by molar-refractivity contribution is 1.04. The maximum atomic E-state index is 6.14. The van der Waals surface area contributed by atoms with Crippen molar-refractivity contribution in [2.24, 2.45) is 0 Å². The molecule has 0 atom stereocenters. The number of aromatic nitrogens is 2. The molecule has 2 nitrogen and oxygen atoms in total. The summed E-state index contributed by atoms with van der Waals surface area (Å²) in [4.78, 5) is 4.42. The van der Waals surface area contributed by atoms with Gasteiger partial charge in [-0.15, -0.1) is 0 Å². The lowest BCUT2D eigenvalue weighted by Gasteiger charge is -2.03.